The highest BCUT2D eigenvalue weighted by Gasteiger charge is 2.10. The first-order valence-corrected chi connectivity index (χ1v) is 5.05. The maximum Gasteiger partial charge on any atom is 0.335 e. The number of para-hydroxylation sites is 1. The van der Waals surface area contributed by atoms with Crippen LogP contribution in [0, 0.1) is 0 Å². The largest absolute Gasteiger partial charge is 0.448 e. The third kappa shape index (κ3) is 1.40. The van der Waals surface area contributed by atoms with E-state index in [9.17, 15) is 9.59 Å². The summed E-state index contributed by atoms with van der Waals surface area (Å²) in [5.41, 5.74) is -0.381. The van der Waals surface area contributed by atoms with Crippen molar-refractivity contribution in [2.45, 2.75) is 0 Å². The van der Waals surface area contributed by atoms with Crippen molar-refractivity contribution in [1.82, 2.24) is 9.55 Å². The molecule has 5 heteroatoms. The fourth-order valence-electron chi connectivity index (χ4n) is 1.76. The molecule has 2 heterocycles. The van der Waals surface area contributed by atoms with E-state index in [1.54, 1.807) is 36.4 Å². The monoisotopic (exact) mass is 228 g/mol. The van der Waals surface area contributed by atoms with Crippen LogP contribution in [-0.2, 0) is 0 Å². The van der Waals surface area contributed by atoms with Crippen molar-refractivity contribution in [2.75, 3.05) is 0 Å². The second-order valence-electron chi connectivity index (χ2n) is 3.57. The van der Waals surface area contributed by atoms with Crippen LogP contribution in [0.1, 0.15) is 0 Å². The van der Waals surface area contributed by atoms with Gasteiger partial charge in [-0.2, -0.15) is 4.57 Å². The van der Waals surface area contributed by atoms with Gasteiger partial charge >= 0.3 is 5.69 Å². The molecule has 17 heavy (non-hydrogen) atoms. The minimum atomic E-state index is -0.511. The topological polar surface area (TPSA) is 68.0 Å². The van der Waals surface area contributed by atoms with Gasteiger partial charge in [-0.25, -0.2) is 4.79 Å². The third-order valence-electron chi connectivity index (χ3n) is 2.53. The number of furan rings is 1. The number of fused-ring (bicyclic) bond motifs is 1. The van der Waals surface area contributed by atoms with Gasteiger partial charge in [0.15, 0.2) is 0 Å². The van der Waals surface area contributed by atoms with E-state index < -0.39 is 5.69 Å². The third-order valence-corrected chi connectivity index (χ3v) is 2.53. The van der Waals surface area contributed by atoms with Crippen LogP contribution >= 0.6 is 0 Å². The fourth-order valence-corrected chi connectivity index (χ4v) is 1.76. The molecule has 0 aliphatic carbocycles. The molecular weight excluding hydrogens is 220 g/mol. The second-order valence-corrected chi connectivity index (χ2v) is 3.57. The predicted molar refractivity (Wildman–Crippen MR) is 62.4 cm³/mol. The van der Waals surface area contributed by atoms with Gasteiger partial charge in [0.2, 0.25) is 5.88 Å². The van der Waals surface area contributed by atoms with E-state index in [-0.39, 0.29) is 11.4 Å². The molecule has 2 aromatic heterocycles. The molecule has 0 bridgehead atoms. The number of aromatic amines is 1. The van der Waals surface area contributed by atoms with Gasteiger partial charge in [0, 0.05) is 6.07 Å². The molecule has 0 aliphatic rings. The van der Waals surface area contributed by atoms with Crippen molar-refractivity contribution >= 4 is 10.9 Å². The Balaban J connectivity index is 2.49. The molecule has 3 rings (SSSR count). The first-order valence-electron chi connectivity index (χ1n) is 5.05. The van der Waals surface area contributed by atoms with Gasteiger partial charge in [-0.1, -0.05) is 12.1 Å². The lowest BCUT2D eigenvalue weighted by atomic mass is 10.2. The average Bonchev–Trinajstić information content (AvgIpc) is 2.83. The molecular formula is C12H8N2O3. The standard InChI is InChI=1S/C12H8N2O3/c15-11-8-4-1-2-5-9(8)13-12(16)14(11)10-6-3-7-17-10/h1-7H,(H,13,16). The van der Waals surface area contributed by atoms with Crippen molar-refractivity contribution in [3.63, 3.8) is 0 Å². The maximum absolute atomic E-state index is 12.1. The number of aromatic nitrogens is 2. The Morgan fingerprint density at radius 1 is 1.06 bits per heavy atom. The highest BCUT2D eigenvalue weighted by molar-refractivity contribution is 5.77. The SMILES string of the molecule is O=c1[nH]c2ccccc2c(=O)n1-c1ccco1. The van der Waals surface area contributed by atoms with Crippen LogP contribution in [0.2, 0.25) is 0 Å². The van der Waals surface area contributed by atoms with Gasteiger partial charge in [0.25, 0.3) is 5.56 Å². The summed E-state index contributed by atoms with van der Waals surface area (Å²) in [5.74, 6) is 0.210. The fraction of sp³-hybridized carbons (Fsp3) is 0. The Kier molecular flexibility index (Phi) is 1.98. The van der Waals surface area contributed by atoms with Crippen LogP contribution in [0.4, 0.5) is 0 Å². The molecule has 84 valence electrons. The smallest absolute Gasteiger partial charge is 0.335 e. The molecule has 0 aliphatic heterocycles. The summed E-state index contributed by atoms with van der Waals surface area (Å²) in [6.07, 6.45) is 1.41. The number of nitrogens with one attached hydrogen (secondary N) is 1. The van der Waals surface area contributed by atoms with E-state index in [1.165, 1.54) is 6.26 Å². The van der Waals surface area contributed by atoms with E-state index >= 15 is 0 Å². The zero-order valence-electron chi connectivity index (χ0n) is 8.71. The summed E-state index contributed by atoms with van der Waals surface area (Å²) in [6, 6.07) is 10.0. The van der Waals surface area contributed by atoms with Gasteiger partial charge in [-0.05, 0) is 18.2 Å². The molecule has 0 unspecified atom stereocenters. The van der Waals surface area contributed by atoms with Crippen molar-refractivity contribution in [2.24, 2.45) is 0 Å². The Bertz CT molecular complexity index is 781. The molecule has 0 saturated heterocycles. The highest BCUT2D eigenvalue weighted by atomic mass is 16.3. The van der Waals surface area contributed by atoms with Gasteiger partial charge in [-0.3, -0.25) is 4.79 Å². The lowest BCUT2D eigenvalue weighted by Gasteiger charge is -2.02. The van der Waals surface area contributed by atoms with Crippen LogP contribution in [0.5, 0.6) is 0 Å². The number of nitrogens with zero attached hydrogens (tertiary/aromatic N) is 1. The molecule has 0 atom stereocenters. The van der Waals surface area contributed by atoms with Crippen molar-refractivity contribution in [3.8, 4) is 5.88 Å². The Hall–Kier alpha value is -2.56. The van der Waals surface area contributed by atoms with E-state index in [0.717, 1.165) is 4.57 Å². The molecule has 0 saturated carbocycles. The van der Waals surface area contributed by atoms with E-state index in [1.807, 2.05) is 0 Å². The van der Waals surface area contributed by atoms with Gasteiger partial charge < -0.3 is 9.40 Å². The Morgan fingerprint density at radius 3 is 2.65 bits per heavy atom. The maximum atomic E-state index is 12.1. The first kappa shape index (κ1) is 9.65. The minimum Gasteiger partial charge on any atom is -0.448 e. The van der Waals surface area contributed by atoms with Gasteiger partial charge in [-0.15, -0.1) is 0 Å². The summed E-state index contributed by atoms with van der Waals surface area (Å²) in [7, 11) is 0. The zero-order valence-corrected chi connectivity index (χ0v) is 8.71. The molecule has 3 aromatic rings. The first-order chi connectivity index (χ1) is 8.27. The van der Waals surface area contributed by atoms with Crippen LogP contribution in [0.3, 0.4) is 0 Å². The summed E-state index contributed by atoms with van der Waals surface area (Å²) >= 11 is 0. The highest BCUT2D eigenvalue weighted by Crippen LogP contribution is 2.06. The van der Waals surface area contributed by atoms with E-state index in [0.29, 0.717) is 10.9 Å². The van der Waals surface area contributed by atoms with Gasteiger partial charge in [0.05, 0.1) is 17.2 Å². The quantitative estimate of drug-likeness (QED) is 0.682. The summed E-state index contributed by atoms with van der Waals surface area (Å²) < 4.78 is 6.05. The second kappa shape index (κ2) is 3.48. The van der Waals surface area contributed by atoms with Crippen molar-refractivity contribution in [1.29, 1.82) is 0 Å². The molecule has 1 aromatic carbocycles. The molecule has 0 spiro atoms. The molecule has 0 radical (unpaired) electrons. The van der Waals surface area contributed by atoms with Crippen molar-refractivity contribution < 1.29 is 4.42 Å². The van der Waals surface area contributed by atoms with E-state index in [2.05, 4.69) is 4.98 Å². The summed E-state index contributed by atoms with van der Waals surface area (Å²) in [6.45, 7) is 0. The molecule has 5 nitrogen and oxygen atoms in total. The average molecular weight is 228 g/mol. The molecule has 0 amide bonds. The zero-order chi connectivity index (χ0) is 11.8. The Labute approximate surface area is 94.9 Å². The number of hydrogen-bond donors (Lipinski definition) is 1. The number of H-pyrrole nitrogens is 1. The summed E-state index contributed by atoms with van der Waals surface area (Å²) in [5, 5.41) is 0.448. The van der Waals surface area contributed by atoms with Crippen LogP contribution in [0.15, 0.2) is 56.7 Å². The number of hydrogen-bond acceptors (Lipinski definition) is 3. The van der Waals surface area contributed by atoms with Crippen LogP contribution < -0.4 is 11.2 Å². The van der Waals surface area contributed by atoms with Crippen LogP contribution in [0.25, 0.3) is 16.8 Å². The summed E-state index contributed by atoms with van der Waals surface area (Å²) in [4.78, 5) is 26.6. The normalized spacial score (nSPS) is 10.8. The predicted octanol–water partition coefficient (Wildman–Crippen LogP) is 1.27. The molecule has 1 N–H and O–H groups in total. The van der Waals surface area contributed by atoms with Gasteiger partial charge in [0.1, 0.15) is 0 Å². The van der Waals surface area contributed by atoms with E-state index in [4.69, 9.17) is 4.42 Å². The lowest BCUT2D eigenvalue weighted by molar-refractivity contribution is 0.528. The minimum absolute atomic E-state index is 0.210. The number of benzene rings is 1. The number of rotatable bonds is 1. The Morgan fingerprint density at radius 2 is 1.88 bits per heavy atom. The van der Waals surface area contributed by atoms with Crippen molar-refractivity contribution in [3.05, 3.63) is 63.5 Å². The lowest BCUT2D eigenvalue weighted by Crippen LogP contribution is -2.33. The van der Waals surface area contributed by atoms with Crippen LogP contribution in [-0.4, -0.2) is 9.55 Å². The molecule has 0 fully saturated rings.